The molecular formula is C28H29N5O20S6. The molecule has 0 aromatic heterocycles. The maximum atomic E-state index is 12.7. The highest BCUT2D eigenvalue weighted by Gasteiger charge is 2.26. The largest absolute Gasteiger partial charge is 0.505 e. The van der Waals surface area contributed by atoms with Gasteiger partial charge in [-0.3, -0.25) is 18.2 Å². The molecule has 0 saturated heterocycles. The third-order valence-corrected chi connectivity index (χ3v) is 13.0. The van der Waals surface area contributed by atoms with Crippen molar-refractivity contribution >= 4 is 99.9 Å². The molecule has 0 spiro atoms. The smallest absolute Gasteiger partial charge is 0.397 e. The summed E-state index contributed by atoms with van der Waals surface area (Å²) in [5.74, 6) is -4.10. The predicted octanol–water partition coefficient (Wildman–Crippen LogP) is 3.07. The molecule has 0 atom stereocenters. The Kier molecular flexibility index (Phi) is 14.2. The second-order valence-corrected chi connectivity index (χ2v) is 20.6. The average Bonchev–Trinajstić information content (AvgIpc) is 3.10. The van der Waals surface area contributed by atoms with Crippen LogP contribution in [0, 0.1) is 0 Å². The molecule has 0 bridgehead atoms. The fraction of sp³-hybridized carbons (Fsp3) is 0.214. The first-order valence-electron chi connectivity index (χ1n) is 15.4. The highest BCUT2D eigenvalue weighted by Crippen LogP contribution is 2.47. The van der Waals surface area contributed by atoms with Crippen molar-refractivity contribution in [1.82, 2.24) is 0 Å². The Bertz CT molecular complexity index is 3010. The van der Waals surface area contributed by atoms with Crippen LogP contribution in [0.25, 0.3) is 10.8 Å². The lowest BCUT2D eigenvalue weighted by Crippen LogP contribution is -2.15. The second kappa shape index (κ2) is 17.8. The van der Waals surface area contributed by atoms with Crippen LogP contribution >= 0.6 is 0 Å². The molecule has 4 aromatic rings. The number of sulfone groups is 2. The fourth-order valence-corrected chi connectivity index (χ4v) is 8.69. The number of anilines is 1. The van der Waals surface area contributed by atoms with Crippen molar-refractivity contribution < 1.29 is 86.9 Å². The summed E-state index contributed by atoms with van der Waals surface area (Å²) in [6.07, 6.45) is 0. The Morgan fingerprint density at radius 2 is 1.15 bits per heavy atom. The first kappa shape index (κ1) is 46.9. The van der Waals surface area contributed by atoms with Crippen LogP contribution in [0.5, 0.6) is 11.5 Å². The van der Waals surface area contributed by atoms with Gasteiger partial charge in [-0.15, -0.1) is 15.3 Å². The number of fused-ring (bicyclic) bond motifs is 1. The van der Waals surface area contributed by atoms with Gasteiger partial charge in [0.05, 0.1) is 53.0 Å². The number of aromatic hydroxyl groups is 1. The molecule has 59 heavy (non-hydrogen) atoms. The third kappa shape index (κ3) is 13.1. The molecule has 0 aliphatic heterocycles. The van der Waals surface area contributed by atoms with Gasteiger partial charge in [-0.1, -0.05) is 0 Å². The molecule has 0 unspecified atom stereocenters. The zero-order valence-corrected chi connectivity index (χ0v) is 34.3. The van der Waals surface area contributed by atoms with Gasteiger partial charge in [0.25, 0.3) is 20.2 Å². The predicted molar refractivity (Wildman–Crippen MR) is 202 cm³/mol. The van der Waals surface area contributed by atoms with E-state index in [4.69, 9.17) is 13.8 Å². The van der Waals surface area contributed by atoms with Crippen LogP contribution in [0.3, 0.4) is 0 Å². The number of methoxy groups -OCH3 is 1. The molecular weight excluding hydrogens is 919 g/mol. The van der Waals surface area contributed by atoms with E-state index < -0.39 is 118 Å². The van der Waals surface area contributed by atoms with Gasteiger partial charge in [0.15, 0.2) is 25.4 Å². The van der Waals surface area contributed by atoms with E-state index in [1.54, 1.807) is 0 Å². The van der Waals surface area contributed by atoms with E-state index in [-0.39, 0.29) is 38.5 Å². The number of nitrogens with one attached hydrogen (secondary N) is 1. The van der Waals surface area contributed by atoms with Gasteiger partial charge in [-0.2, -0.15) is 38.8 Å². The first-order chi connectivity index (χ1) is 27.1. The Morgan fingerprint density at radius 1 is 0.610 bits per heavy atom. The lowest BCUT2D eigenvalue weighted by Gasteiger charge is -2.14. The molecule has 31 heteroatoms. The number of phenolic OH excluding ortho intramolecular Hbond substituents is 1. The summed E-state index contributed by atoms with van der Waals surface area (Å²) in [6, 6.07) is 10.3. The Balaban J connectivity index is 1.80. The summed E-state index contributed by atoms with van der Waals surface area (Å²) in [6.45, 7) is -1.84. The van der Waals surface area contributed by atoms with E-state index in [2.05, 4.69) is 34.1 Å². The van der Waals surface area contributed by atoms with Crippen molar-refractivity contribution in [2.45, 2.75) is 14.7 Å². The van der Waals surface area contributed by atoms with Gasteiger partial charge in [0, 0.05) is 16.8 Å². The summed E-state index contributed by atoms with van der Waals surface area (Å²) in [5.41, 5.74) is -1.85. The summed E-state index contributed by atoms with van der Waals surface area (Å²) < 4.78 is 192. The molecule has 25 nitrogen and oxygen atoms in total. The highest BCUT2D eigenvalue weighted by atomic mass is 32.3. The zero-order chi connectivity index (χ0) is 44.2. The summed E-state index contributed by atoms with van der Waals surface area (Å²) in [5, 5.41) is 28.6. The monoisotopic (exact) mass is 947 g/mol. The summed E-state index contributed by atoms with van der Waals surface area (Å²) in [7, 11) is -27.1. The van der Waals surface area contributed by atoms with Crippen molar-refractivity contribution in [1.29, 1.82) is 0 Å². The van der Waals surface area contributed by atoms with Gasteiger partial charge in [0.2, 0.25) is 0 Å². The van der Waals surface area contributed by atoms with Crippen LogP contribution < -0.4 is 10.1 Å². The van der Waals surface area contributed by atoms with Gasteiger partial charge >= 0.3 is 20.8 Å². The lowest BCUT2D eigenvalue weighted by atomic mass is 10.1. The van der Waals surface area contributed by atoms with Crippen molar-refractivity contribution in [3.63, 3.8) is 0 Å². The molecule has 322 valence electrons. The lowest BCUT2D eigenvalue weighted by molar-refractivity contribution is 0.282. The topological polar surface area (TPSA) is 395 Å². The van der Waals surface area contributed by atoms with Crippen molar-refractivity contribution in [3.05, 3.63) is 60.7 Å². The SMILES string of the molecule is COc1cc(S(=O)(=O)CCOS(=O)(=O)O)ccc1N=Nc1c(S(=O)(=O)O)cc2c(N=Nc3ccc(S(=O)(=O)CCOS(=O)(=O)O)cc3)c(NCS(=O)(=O)O)ccc2c1O. The Hall–Kier alpha value is -4.80. The van der Waals surface area contributed by atoms with Crippen molar-refractivity contribution in [2.75, 3.05) is 43.0 Å². The number of rotatable bonds is 19. The van der Waals surface area contributed by atoms with Crippen LogP contribution in [-0.2, 0) is 69.1 Å². The van der Waals surface area contributed by atoms with E-state index in [1.165, 1.54) is 0 Å². The Labute approximate surface area is 335 Å². The standard InChI is InChI=1S/C28H29N5O20S6/c1-51-24-14-19(55(37,38)13-11-53-59(48,49)50)6-8-22(24)31-33-27-25(57(42,43)44)15-21-20(28(27)34)7-9-23(29-16-56(39,40)41)26(21)32-30-17-2-4-18(5-3-17)54(35,36)12-10-52-58(45,46)47/h2-9,14-15,29,34H,10-13,16H2,1H3,(H,39,40,41)(H,42,43,44)(H,45,46,47)(H,48,49,50). The van der Waals surface area contributed by atoms with E-state index in [1.807, 2.05) is 0 Å². The molecule has 0 fully saturated rings. The minimum atomic E-state index is -5.32. The van der Waals surface area contributed by atoms with Crippen LogP contribution in [0.15, 0.2) is 95.8 Å². The molecule has 0 saturated carbocycles. The molecule has 4 rings (SSSR count). The maximum absolute atomic E-state index is 12.7. The van der Waals surface area contributed by atoms with E-state index in [0.29, 0.717) is 0 Å². The zero-order valence-electron chi connectivity index (χ0n) is 29.4. The molecule has 0 radical (unpaired) electrons. The third-order valence-electron chi connectivity index (χ3n) is 7.33. The molecule has 0 heterocycles. The minimum Gasteiger partial charge on any atom is -0.505 e. The van der Waals surface area contributed by atoms with Gasteiger partial charge in [-0.05, 0) is 54.6 Å². The van der Waals surface area contributed by atoms with E-state index in [9.17, 15) is 64.7 Å². The summed E-state index contributed by atoms with van der Waals surface area (Å²) >= 11 is 0. The number of azo groups is 2. The highest BCUT2D eigenvalue weighted by molar-refractivity contribution is 7.91. The second-order valence-electron chi connectivity index (χ2n) is 11.4. The van der Waals surface area contributed by atoms with Gasteiger partial charge in [-0.25, -0.2) is 25.2 Å². The van der Waals surface area contributed by atoms with Crippen molar-refractivity contribution in [3.8, 4) is 11.5 Å². The Morgan fingerprint density at radius 3 is 1.68 bits per heavy atom. The quantitative estimate of drug-likeness (QED) is 0.0581. The van der Waals surface area contributed by atoms with Crippen LogP contribution in [0.2, 0.25) is 0 Å². The first-order valence-corrected chi connectivity index (χ1v) is 24.5. The van der Waals surface area contributed by atoms with E-state index >= 15 is 0 Å². The maximum Gasteiger partial charge on any atom is 0.397 e. The number of nitrogens with zero attached hydrogens (tertiary/aromatic N) is 4. The molecule has 4 aromatic carbocycles. The van der Waals surface area contributed by atoms with Crippen LogP contribution in [0.1, 0.15) is 0 Å². The van der Waals surface area contributed by atoms with E-state index in [0.717, 1.165) is 67.8 Å². The average molecular weight is 948 g/mol. The molecule has 0 amide bonds. The van der Waals surface area contributed by atoms with Gasteiger partial charge < -0.3 is 15.2 Å². The minimum absolute atomic E-state index is 0.0697. The van der Waals surface area contributed by atoms with Crippen molar-refractivity contribution in [2.24, 2.45) is 20.5 Å². The van der Waals surface area contributed by atoms with Gasteiger partial charge in [0.1, 0.15) is 33.6 Å². The molecule has 0 aliphatic rings. The van der Waals surface area contributed by atoms with Crippen LogP contribution in [0.4, 0.5) is 28.4 Å². The number of ether oxygens (including phenoxy) is 1. The molecule has 6 N–H and O–H groups in total. The summed E-state index contributed by atoms with van der Waals surface area (Å²) in [4.78, 5) is -1.86. The normalized spacial score (nSPS) is 13.4. The fourth-order valence-electron chi connectivity index (χ4n) is 4.72. The van der Waals surface area contributed by atoms with Crippen LogP contribution in [-0.4, -0.2) is 112 Å². The number of hydrogen-bond donors (Lipinski definition) is 6. The number of hydrogen-bond acceptors (Lipinski definition) is 21. The number of phenols is 1. The number of benzene rings is 4. The molecule has 0 aliphatic carbocycles.